The van der Waals surface area contributed by atoms with Gasteiger partial charge in [-0.3, -0.25) is 20.2 Å². The first-order valence-corrected chi connectivity index (χ1v) is 7.28. The quantitative estimate of drug-likeness (QED) is 0.490. The molecule has 0 saturated heterocycles. The molecule has 9 heteroatoms. The van der Waals surface area contributed by atoms with E-state index in [2.05, 4.69) is 4.13 Å². The van der Waals surface area contributed by atoms with Gasteiger partial charge in [0.05, 0.1) is 9.85 Å². The van der Waals surface area contributed by atoms with Crippen LogP contribution in [0.25, 0.3) is 0 Å². The van der Waals surface area contributed by atoms with E-state index in [4.69, 9.17) is 0 Å². The van der Waals surface area contributed by atoms with Crippen LogP contribution in [0.2, 0.25) is 0 Å². The van der Waals surface area contributed by atoms with E-state index in [0.717, 1.165) is 23.9 Å². The van der Waals surface area contributed by atoms with Crippen LogP contribution < -0.4 is 4.13 Å². The van der Waals surface area contributed by atoms with Gasteiger partial charge in [-0.05, 0) is 36.0 Å². The molecular formula is C12H9N3O4S2. The Kier molecular flexibility index (Phi) is 5.14. The number of benzene rings is 2. The fourth-order valence-corrected chi connectivity index (χ4v) is 3.17. The summed E-state index contributed by atoms with van der Waals surface area (Å²) in [4.78, 5) is 21.7. The van der Waals surface area contributed by atoms with Gasteiger partial charge in [-0.25, -0.2) is 0 Å². The molecule has 0 unspecified atom stereocenters. The van der Waals surface area contributed by atoms with E-state index in [1.807, 2.05) is 0 Å². The van der Waals surface area contributed by atoms with Gasteiger partial charge in [-0.15, -0.1) is 0 Å². The summed E-state index contributed by atoms with van der Waals surface area (Å²) in [6, 6.07) is 12.6. The van der Waals surface area contributed by atoms with Crippen molar-refractivity contribution < 1.29 is 9.85 Å². The van der Waals surface area contributed by atoms with Gasteiger partial charge in [0, 0.05) is 12.1 Å². The lowest BCUT2D eigenvalue weighted by Crippen LogP contribution is -1.96. The maximum Gasteiger partial charge on any atom is 0.284 e. The highest BCUT2D eigenvalue weighted by molar-refractivity contribution is 8.12. The second-order valence-corrected chi connectivity index (χ2v) is 5.69. The molecular weight excluding hydrogens is 314 g/mol. The van der Waals surface area contributed by atoms with Crippen molar-refractivity contribution in [3.8, 4) is 0 Å². The van der Waals surface area contributed by atoms with E-state index < -0.39 is 9.85 Å². The molecule has 0 aliphatic heterocycles. The summed E-state index contributed by atoms with van der Waals surface area (Å²) in [5.74, 6) is 0. The van der Waals surface area contributed by atoms with Crippen LogP contribution in [-0.4, -0.2) is 9.85 Å². The Morgan fingerprint density at radius 1 is 0.762 bits per heavy atom. The summed E-state index contributed by atoms with van der Waals surface area (Å²) in [5, 5.41) is 21.7. The normalized spacial score (nSPS) is 10.3. The van der Waals surface area contributed by atoms with Gasteiger partial charge in [0.25, 0.3) is 11.4 Å². The zero-order valence-electron chi connectivity index (χ0n) is 10.5. The molecule has 7 nitrogen and oxygen atoms in total. The predicted molar refractivity (Wildman–Crippen MR) is 81.0 cm³/mol. The van der Waals surface area contributed by atoms with E-state index in [0.29, 0.717) is 9.79 Å². The Labute approximate surface area is 128 Å². The summed E-state index contributed by atoms with van der Waals surface area (Å²) >= 11 is 2.08. The molecule has 21 heavy (non-hydrogen) atoms. The van der Waals surface area contributed by atoms with Crippen molar-refractivity contribution in [1.82, 2.24) is 4.13 Å². The average molecular weight is 323 g/mol. The second kappa shape index (κ2) is 7.07. The van der Waals surface area contributed by atoms with Gasteiger partial charge in [0.15, 0.2) is 0 Å². The Bertz CT molecular complexity index is 624. The third kappa shape index (κ3) is 3.94. The van der Waals surface area contributed by atoms with Crippen molar-refractivity contribution >= 4 is 35.3 Å². The summed E-state index contributed by atoms with van der Waals surface area (Å²) in [7, 11) is 0. The first-order chi connectivity index (χ1) is 10.1. The Morgan fingerprint density at radius 3 is 1.52 bits per heavy atom. The molecule has 0 spiro atoms. The maximum atomic E-state index is 10.9. The average Bonchev–Trinajstić information content (AvgIpc) is 2.48. The lowest BCUT2D eigenvalue weighted by Gasteiger charge is -2.04. The number of nitro groups is 2. The molecule has 2 aromatic rings. The largest absolute Gasteiger partial charge is 0.284 e. The first kappa shape index (κ1) is 15.3. The van der Waals surface area contributed by atoms with Crippen LogP contribution >= 0.6 is 23.9 Å². The van der Waals surface area contributed by atoms with Crippen molar-refractivity contribution in [2.45, 2.75) is 9.79 Å². The maximum absolute atomic E-state index is 10.9. The van der Waals surface area contributed by atoms with E-state index in [9.17, 15) is 20.2 Å². The molecule has 2 aromatic carbocycles. The second-order valence-electron chi connectivity index (χ2n) is 3.74. The molecule has 0 aliphatic carbocycles. The zero-order chi connectivity index (χ0) is 15.2. The van der Waals surface area contributed by atoms with Crippen LogP contribution in [-0.2, 0) is 0 Å². The van der Waals surface area contributed by atoms with Crippen LogP contribution in [0.4, 0.5) is 11.4 Å². The van der Waals surface area contributed by atoms with E-state index in [1.54, 1.807) is 36.4 Å². The molecule has 0 aliphatic rings. The van der Waals surface area contributed by atoms with Crippen LogP contribution in [0.3, 0.4) is 0 Å². The molecule has 0 atom stereocenters. The van der Waals surface area contributed by atoms with Crippen LogP contribution in [0.5, 0.6) is 0 Å². The standard InChI is InChI=1S/C12H9N3O4S2/c16-14(17)9-5-1-3-7-11(9)20-13-21-12-8-4-2-6-10(12)15(18)19/h1-8,13H. The molecule has 1 N–H and O–H groups in total. The van der Waals surface area contributed by atoms with Crippen molar-refractivity contribution in [2.24, 2.45) is 0 Å². The minimum atomic E-state index is -0.473. The van der Waals surface area contributed by atoms with Gasteiger partial charge in [-0.1, -0.05) is 24.3 Å². The lowest BCUT2D eigenvalue weighted by molar-refractivity contribution is -0.387. The monoisotopic (exact) mass is 323 g/mol. The summed E-state index contributed by atoms with van der Waals surface area (Å²) < 4.78 is 2.83. The lowest BCUT2D eigenvalue weighted by atomic mass is 10.3. The topological polar surface area (TPSA) is 98.3 Å². The highest BCUT2D eigenvalue weighted by Gasteiger charge is 2.15. The zero-order valence-corrected chi connectivity index (χ0v) is 12.1. The highest BCUT2D eigenvalue weighted by atomic mass is 32.2. The van der Waals surface area contributed by atoms with E-state index >= 15 is 0 Å². The van der Waals surface area contributed by atoms with E-state index in [-0.39, 0.29) is 11.4 Å². The molecule has 2 rings (SSSR count). The first-order valence-electron chi connectivity index (χ1n) is 5.65. The minimum Gasteiger partial charge on any atom is -0.258 e. The third-order valence-corrected chi connectivity index (χ3v) is 4.22. The number of nitrogens with one attached hydrogen (secondary N) is 1. The fraction of sp³-hybridized carbons (Fsp3) is 0. The van der Waals surface area contributed by atoms with Crippen molar-refractivity contribution in [3.63, 3.8) is 0 Å². The molecule has 0 amide bonds. The number of nitro benzene ring substituents is 2. The Hall–Kier alpha value is -2.10. The Balaban J connectivity index is 2.06. The summed E-state index contributed by atoms with van der Waals surface area (Å²) in [6.07, 6.45) is 0. The predicted octanol–water partition coefficient (Wildman–Crippen LogP) is 3.81. The Morgan fingerprint density at radius 2 is 1.14 bits per heavy atom. The van der Waals surface area contributed by atoms with Crippen LogP contribution in [0.1, 0.15) is 0 Å². The molecule has 0 aromatic heterocycles. The number of nitrogens with zero attached hydrogens (tertiary/aromatic N) is 2. The number of rotatable bonds is 6. The van der Waals surface area contributed by atoms with Gasteiger partial charge >= 0.3 is 0 Å². The smallest absolute Gasteiger partial charge is 0.258 e. The SMILES string of the molecule is O=[N+]([O-])c1ccccc1SNSc1ccccc1[N+](=O)[O-]. The minimum absolute atomic E-state index is 0.0156. The van der Waals surface area contributed by atoms with Crippen molar-refractivity contribution in [2.75, 3.05) is 0 Å². The van der Waals surface area contributed by atoms with Gasteiger partial charge in [0.1, 0.15) is 9.79 Å². The van der Waals surface area contributed by atoms with Crippen molar-refractivity contribution in [3.05, 3.63) is 68.8 Å². The van der Waals surface area contributed by atoms with Crippen LogP contribution in [0, 0.1) is 20.2 Å². The van der Waals surface area contributed by atoms with Gasteiger partial charge in [-0.2, -0.15) is 4.13 Å². The molecule has 0 heterocycles. The number of para-hydroxylation sites is 2. The molecule has 0 bridgehead atoms. The third-order valence-electron chi connectivity index (χ3n) is 2.43. The summed E-state index contributed by atoms with van der Waals surface area (Å²) in [5.41, 5.74) is -0.0312. The van der Waals surface area contributed by atoms with E-state index in [1.165, 1.54) is 12.1 Å². The highest BCUT2D eigenvalue weighted by Crippen LogP contribution is 2.32. The molecule has 0 radical (unpaired) electrons. The summed E-state index contributed by atoms with van der Waals surface area (Å²) in [6.45, 7) is 0. The molecule has 108 valence electrons. The van der Waals surface area contributed by atoms with Crippen LogP contribution in [0.15, 0.2) is 58.3 Å². The number of hydrogen-bond acceptors (Lipinski definition) is 7. The molecule has 0 fully saturated rings. The number of hydrogen-bond donors (Lipinski definition) is 1. The molecule has 0 saturated carbocycles. The van der Waals surface area contributed by atoms with Crippen molar-refractivity contribution in [1.29, 1.82) is 0 Å². The van der Waals surface area contributed by atoms with Gasteiger partial charge < -0.3 is 0 Å². The fourth-order valence-electron chi connectivity index (χ4n) is 1.50. The van der Waals surface area contributed by atoms with Gasteiger partial charge in [0.2, 0.25) is 0 Å².